The number of aliphatic hydroxyl groups excluding tert-OH is 1. The Hall–Kier alpha value is -3.36. The van der Waals surface area contributed by atoms with Crippen molar-refractivity contribution in [2.45, 2.75) is 36.8 Å². The van der Waals surface area contributed by atoms with Gasteiger partial charge in [0, 0.05) is 30.8 Å². The molecule has 1 aliphatic carbocycles. The van der Waals surface area contributed by atoms with Gasteiger partial charge in [-0.1, -0.05) is 30.3 Å². The number of aryl methyl sites for hydroxylation is 1. The molecule has 35 heavy (non-hydrogen) atoms. The lowest BCUT2D eigenvalue weighted by Crippen LogP contribution is -2.40. The number of amides is 1. The summed E-state index contributed by atoms with van der Waals surface area (Å²) >= 11 is 0. The summed E-state index contributed by atoms with van der Waals surface area (Å²) < 4.78 is 28.9. The van der Waals surface area contributed by atoms with E-state index < -0.39 is 16.3 Å². The van der Waals surface area contributed by atoms with Gasteiger partial charge in [0.1, 0.15) is 6.23 Å². The number of aliphatic hydroxyl groups is 1. The number of rotatable bonds is 7. The Labute approximate surface area is 205 Å². The van der Waals surface area contributed by atoms with E-state index in [2.05, 4.69) is 10.0 Å². The lowest BCUT2D eigenvalue weighted by Gasteiger charge is -2.35. The predicted molar refractivity (Wildman–Crippen MR) is 137 cm³/mol. The number of anilines is 2. The highest BCUT2D eigenvalue weighted by Crippen LogP contribution is 2.39. The van der Waals surface area contributed by atoms with Gasteiger partial charge in [0.25, 0.3) is 15.9 Å². The Morgan fingerprint density at radius 3 is 2.51 bits per heavy atom. The Morgan fingerprint density at radius 1 is 1.03 bits per heavy atom. The standard InChI is InChI=1S/C27H29N3O4S/c1-28-26(31)22-5-2-4-21(16-22)18-10-13-24(14-11-18)35(33,34)29-23-12-9-19-6-3-15-30(25(19)17-23)27(32)20-7-8-20/h2,4-5,9-14,16-17,20,27,29,32H,3,6-8,15H2,1H3,(H,28,31). The molecule has 1 fully saturated rings. The summed E-state index contributed by atoms with van der Waals surface area (Å²) in [7, 11) is -2.22. The average molecular weight is 492 g/mol. The van der Waals surface area contributed by atoms with Gasteiger partial charge in [-0.05, 0) is 78.8 Å². The minimum Gasteiger partial charge on any atom is -0.373 e. The highest BCUT2D eigenvalue weighted by Gasteiger charge is 2.35. The fraction of sp³-hybridized carbons (Fsp3) is 0.296. The molecule has 5 rings (SSSR count). The highest BCUT2D eigenvalue weighted by molar-refractivity contribution is 7.92. The molecule has 0 radical (unpaired) electrons. The van der Waals surface area contributed by atoms with Gasteiger partial charge in [-0.2, -0.15) is 0 Å². The molecule has 2 aliphatic rings. The second-order valence-corrected chi connectivity index (χ2v) is 10.9. The van der Waals surface area contributed by atoms with Gasteiger partial charge in [-0.25, -0.2) is 8.42 Å². The van der Waals surface area contributed by atoms with Crippen molar-refractivity contribution < 1.29 is 18.3 Å². The molecule has 1 heterocycles. The fourth-order valence-electron chi connectivity index (χ4n) is 4.61. The first-order valence-corrected chi connectivity index (χ1v) is 13.4. The highest BCUT2D eigenvalue weighted by atomic mass is 32.2. The Kier molecular flexibility index (Phi) is 6.25. The van der Waals surface area contributed by atoms with Crippen molar-refractivity contribution >= 4 is 27.3 Å². The lowest BCUT2D eigenvalue weighted by atomic mass is 10.0. The van der Waals surface area contributed by atoms with Crippen LogP contribution in [0.25, 0.3) is 11.1 Å². The summed E-state index contributed by atoms with van der Waals surface area (Å²) in [6, 6.07) is 19.3. The van der Waals surface area contributed by atoms with Crippen LogP contribution >= 0.6 is 0 Å². The molecule has 0 bridgehead atoms. The number of hydrogen-bond acceptors (Lipinski definition) is 5. The van der Waals surface area contributed by atoms with E-state index in [1.807, 2.05) is 23.1 Å². The maximum absolute atomic E-state index is 13.1. The van der Waals surface area contributed by atoms with Gasteiger partial charge in [0.15, 0.2) is 0 Å². The topological polar surface area (TPSA) is 98.7 Å². The number of nitrogens with one attached hydrogen (secondary N) is 2. The third kappa shape index (κ3) is 4.90. The van der Waals surface area contributed by atoms with Crippen LogP contribution in [-0.2, 0) is 16.4 Å². The summed E-state index contributed by atoms with van der Waals surface area (Å²) in [5, 5.41) is 13.3. The van der Waals surface area contributed by atoms with E-state index in [9.17, 15) is 18.3 Å². The zero-order chi connectivity index (χ0) is 24.6. The van der Waals surface area contributed by atoms with Crippen LogP contribution in [-0.4, -0.2) is 39.3 Å². The van der Waals surface area contributed by atoms with Crippen LogP contribution in [0.15, 0.2) is 71.6 Å². The molecule has 3 aromatic rings. The molecule has 0 aromatic heterocycles. The number of nitrogens with zero attached hydrogens (tertiary/aromatic N) is 1. The first-order chi connectivity index (χ1) is 16.9. The van der Waals surface area contributed by atoms with Crippen molar-refractivity contribution in [3.8, 4) is 11.1 Å². The zero-order valence-electron chi connectivity index (χ0n) is 19.6. The Bertz CT molecular complexity index is 1350. The van der Waals surface area contributed by atoms with E-state index >= 15 is 0 Å². The van der Waals surface area contributed by atoms with Crippen LogP contribution in [0.5, 0.6) is 0 Å². The monoisotopic (exact) mass is 491 g/mol. The molecular formula is C27H29N3O4S. The van der Waals surface area contributed by atoms with Gasteiger partial charge in [0.2, 0.25) is 0 Å². The normalized spacial score (nSPS) is 16.3. The average Bonchev–Trinajstić information content (AvgIpc) is 3.73. The summed E-state index contributed by atoms with van der Waals surface area (Å²) in [5.74, 6) is 0.125. The lowest BCUT2D eigenvalue weighted by molar-refractivity contribution is 0.0963. The summed E-state index contributed by atoms with van der Waals surface area (Å²) in [5.41, 5.74) is 4.68. The van der Waals surface area contributed by atoms with Crippen LogP contribution in [0, 0.1) is 5.92 Å². The smallest absolute Gasteiger partial charge is 0.261 e. The maximum atomic E-state index is 13.1. The SMILES string of the molecule is CNC(=O)c1cccc(-c2ccc(S(=O)(=O)Nc3ccc4c(c3)N(C(O)C3CC3)CCC4)cc2)c1. The van der Waals surface area contributed by atoms with Crippen molar-refractivity contribution in [1.29, 1.82) is 0 Å². The molecule has 3 aromatic carbocycles. The first kappa shape index (κ1) is 23.4. The molecule has 1 atom stereocenters. The van der Waals surface area contributed by atoms with Crippen molar-refractivity contribution in [1.82, 2.24) is 5.32 Å². The molecule has 0 saturated heterocycles. The van der Waals surface area contributed by atoms with E-state index in [4.69, 9.17) is 0 Å². The second kappa shape index (κ2) is 9.36. The van der Waals surface area contributed by atoms with Gasteiger partial charge in [-0.3, -0.25) is 9.52 Å². The van der Waals surface area contributed by atoms with Crippen LogP contribution < -0.4 is 14.9 Å². The van der Waals surface area contributed by atoms with Crippen LogP contribution in [0.4, 0.5) is 11.4 Å². The van der Waals surface area contributed by atoms with E-state index in [0.29, 0.717) is 17.2 Å². The zero-order valence-corrected chi connectivity index (χ0v) is 20.4. The van der Waals surface area contributed by atoms with Crippen LogP contribution in [0.1, 0.15) is 35.2 Å². The van der Waals surface area contributed by atoms with Gasteiger partial charge >= 0.3 is 0 Å². The number of hydrogen-bond donors (Lipinski definition) is 3. The minimum atomic E-state index is -3.80. The molecular weight excluding hydrogens is 462 g/mol. The summed E-state index contributed by atoms with van der Waals surface area (Å²) in [4.78, 5) is 14.1. The number of fused-ring (bicyclic) bond motifs is 1. The fourth-order valence-corrected chi connectivity index (χ4v) is 5.66. The van der Waals surface area contributed by atoms with Crippen molar-refractivity contribution in [2.24, 2.45) is 5.92 Å². The minimum absolute atomic E-state index is 0.149. The molecule has 0 spiro atoms. The van der Waals surface area contributed by atoms with E-state index in [1.54, 1.807) is 55.6 Å². The van der Waals surface area contributed by atoms with Gasteiger partial charge < -0.3 is 15.3 Å². The molecule has 8 heteroatoms. The second-order valence-electron chi connectivity index (χ2n) is 9.18. The van der Waals surface area contributed by atoms with Gasteiger partial charge in [0.05, 0.1) is 10.6 Å². The molecule has 7 nitrogen and oxygen atoms in total. The molecule has 3 N–H and O–H groups in total. The summed E-state index contributed by atoms with van der Waals surface area (Å²) in [6.45, 7) is 0.767. The Morgan fingerprint density at radius 2 is 1.80 bits per heavy atom. The quantitative estimate of drug-likeness (QED) is 0.464. The van der Waals surface area contributed by atoms with E-state index in [0.717, 1.165) is 54.6 Å². The van der Waals surface area contributed by atoms with E-state index in [1.165, 1.54) is 0 Å². The molecule has 1 amide bonds. The molecule has 1 saturated carbocycles. The molecule has 182 valence electrons. The third-order valence-corrected chi connectivity index (χ3v) is 8.10. The predicted octanol–water partition coefficient (Wildman–Crippen LogP) is 4.00. The van der Waals surface area contributed by atoms with Crippen molar-refractivity contribution in [3.63, 3.8) is 0 Å². The molecule has 1 aliphatic heterocycles. The number of carbonyl (C=O) groups is 1. The number of sulfonamides is 1. The van der Waals surface area contributed by atoms with Crippen LogP contribution in [0.2, 0.25) is 0 Å². The number of carbonyl (C=O) groups excluding carboxylic acids is 1. The van der Waals surface area contributed by atoms with Crippen LogP contribution in [0.3, 0.4) is 0 Å². The maximum Gasteiger partial charge on any atom is 0.261 e. The Balaban J connectivity index is 1.36. The number of benzene rings is 3. The van der Waals surface area contributed by atoms with Crippen molar-refractivity contribution in [2.75, 3.05) is 23.2 Å². The largest absolute Gasteiger partial charge is 0.373 e. The van der Waals surface area contributed by atoms with E-state index in [-0.39, 0.29) is 10.8 Å². The summed E-state index contributed by atoms with van der Waals surface area (Å²) in [6.07, 6.45) is 3.44. The molecule has 1 unspecified atom stereocenters. The third-order valence-electron chi connectivity index (χ3n) is 6.70. The van der Waals surface area contributed by atoms with Crippen molar-refractivity contribution in [3.05, 3.63) is 77.9 Å². The first-order valence-electron chi connectivity index (χ1n) is 11.9. The van der Waals surface area contributed by atoms with Gasteiger partial charge in [-0.15, -0.1) is 0 Å².